The summed E-state index contributed by atoms with van der Waals surface area (Å²) < 4.78 is 5.80. The Balaban J connectivity index is 1.54. The molecule has 0 fully saturated rings. The molecule has 1 unspecified atom stereocenters. The summed E-state index contributed by atoms with van der Waals surface area (Å²) in [7, 11) is 0. The van der Waals surface area contributed by atoms with Gasteiger partial charge in [0.2, 0.25) is 17.8 Å². The molecular formula is C23H23N3O6S2. The van der Waals surface area contributed by atoms with Crippen molar-refractivity contribution in [3.63, 3.8) is 0 Å². The Morgan fingerprint density at radius 3 is 2.47 bits per heavy atom. The Morgan fingerprint density at radius 2 is 1.79 bits per heavy atom. The predicted octanol–water partition coefficient (Wildman–Crippen LogP) is 2.37. The highest BCUT2D eigenvalue weighted by molar-refractivity contribution is 7.14. The van der Waals surface area contributed by atoms with Crippen LogP contribution in [0.2, 0.25) is 0 Å². The quantitative estimate of drug-likeness (QED) is 0.438. The number of thiophene rings is 1. The summed E-state index contributed by atoms with van der Waals surface area (Å²) >= 11 is 2.47. The highest BCUT2D eigenvalue weighted by atomic mass is 32.1. The summed E-state index contributed by atoms with van der Waals surface area (Å²) in [5.74, 6) is -0.297. The van der Waals surface area contributed by atoms with Crippen LogP contribution in [0.3, 0.4) is 0 Å². The third-order valence-electron chi connectivity index (χ3n) is 5.26. The lowest BCUT2D eigenvalue weighted by atomic mass is 10.1. The molecule has 1 aromatic carbocycles. The number of carbonyl (C=O) groups is 3. The van der Waals surface area contributed by atoms with Crippen LogP contribution in [0, 0.1) is 0 Å². The number of aromatic nitrogens is 1. The van der Waals surface area contributed by atoms with Crippen molar-refractivity contribution in [1.82, 2.24) is 9.88 Å². The van der Waals surface area contributed by atoms with Crippen LogP contribution in [0.5, 0.6) is 5.75 Å². The smallest absolute Gasteiger partial charge is 0.270 e. The minimum atomic E-state index is -0.882. The van der Waals surface area contributed by atoms with Crippen molar-refractivity contribution in [2.24, 2.45) is 0 Å². The van der Waals surface area contributed by atoms with Gasteiger partial charge in [0.05, 0.1) is 23.7 Å². The summed E-state index contributed by atoms with van der Waals surface area (Å²) in [6.45, 7) is -0.202. The number of aliphatic hydroxyl groups is 2. The van der Waals surface area contributed by atoms with Crippen LogP contribution in [0.1, 0.15) is 38.2 Å². The summed E-state index contributed by atoms with van der Waals surface area (Å²) in [6, 6.07) is 10.4. The largest absolute Gasteiger partial charge is 0.475 e. The molecule has 0 aliphatic carbocycles. The number of Topliss-reactive ketones (excluding diaryl/α,β-unsaturated/α-hetero) is 1. The zero-order valence-corrected chi connectivity index (χ0v) is 19.8. The summed E-state index contributed by atoms with van der Waals surface area (Å²) in [4.78, 5) is 46.4. The summed E-state index contributed by atoms with van der Waals surface area (Å²) in [6.07, 6.45) is -0.900. The van der Waals surface area contributed by atoms with E-state index < -0.39 is 6.10 Å². The Bertz CT molecular complexity index is 1160. The van der Waals surface area contributed by atoms with Crippen LogP contribution in [-0.2, 0) is 4.79 Å². The molecule has 11 heteroatoms. The van der Waals surface area contributed by atoms with Crippen molar-refractivity contribution in [3.05, 3.63) is 63.3 Å². The van der Waals surface area contributed by atoms with Crippen molar-refractivity contribution in [1.29, 1.82) is 0 Å². The topological polar surface area (TPSA) is 120 Å². The van der Waals surface area contributed by atoms with Gasteiger partial charge in [-0.25, -0.2) is 4.98 Å². The van der Waals surface area contributed by atoms with Gasteiger partial charge in [-0.2, -0.15) is 0 Å². The van der Waals surface area contributed by atoms with E-state index >= 15 is 0 Å². The zero-order valence-electron chi connectivity index (χ0n) is 18.1. The van der Waals surface area contributed by atoms with Crippen molar-refractivity contribution in [2.75, 3.05) is 37.7 Å². The molecule has 1 aliphatic heterocycles. The molecule has 0 spiro atoms. The van der Waals surface area contributed by atoms with Gasteiger partial charge in [0.1, 0.15) is 11.4 Å². The molecule has 0 saturated carbocycles. The number of para-hydroxylation sites is 1. The van der Waals surface area contributed by atoms with Crippen LogP contribution in [0.15, 0.2) is 47.2 Å². The minimum absolute atomic E-state index is 0.0175. The zero-order chi connectivity index (χ0) is 24.1. The van der Waals surface area contributed by atoms with E-state index in [0.717, 1.165) is 0 Å². The number of fused-ring (bicyclic) bond motifs is 1. The van der Waals surface area contributed by atoms with E-state index in [4.69, 9.17) is 4.74 Å². The molecule has 34 heavy (non-hydrogen) atoms. The standard InChI is InChI=1S/C23H23N3O6S2/c27-11-9-25(10-12-28)19(29)7-8-26(22(31)18-6-3-13-33-18)23-24-16(14-34-23)21-20(30)15-4-1-2-5-17(15)32-21/h1-6,13-14,21,27-28H,7-12H2. The average molecular weight is 502 g/mol. The van der Waals surface area contributed by atoms with Crippen molar-refractivity contribution >= 4 is 45.4 Å². The highest BCUT2D eigenvalue weighted by Gasteiger charge is 2.36. The lowest BCUT2D eigenvalue weighted by Crippen LogP contribution is -2.39. The Morgan fingerprint density at radius 1 is 1.03 bits per heavy atom. The molecule has 1 aliphatic rings. The number of thiazole rings is 1. The van der Waals surface area contributed by atoms with Crippen LogP contribution in [-0.4, -0.2) is 70.5 Å². The van der Waals surface area contributed by atoms with Gasteiger partial charge in [-0.3, -0.25) is 19.3 Å². The molecule has 0 bridgehead atoms. The number of hydrogen-bond donors (Lipinski definition) is 2. The van der Waals surface area contributed by atoms with Gasteiger partial charge < -0.3 is 19.8 Å². The van der Waals surface area contributed by atoms with E-state index in [9.17, 15) is 24.6 Å². The fraction of sp³-hybridized carbons (Fsp3) is 0.304. The van der Waals surface area contributed by atoms with E-state index in [-0.39, 0.29) is 56.9 Å². The summed E-state index contributed by atoms with van der Waals surface area (Å²) in [5.41, 5.74) is 0.894. The first-order valence-electron chi connectivity index (χ1n) is 10.6. The molecule has 4 rings (SSSR count). The monoisotopic (exact) mass is 501 g/mol. The van der Waals surface area contributed by atoms with Gasteiger partial charge in [0.25, 0.3) is 5.91 Å². The van der Waals surface area contributed by atoms with Crippen LogP contribution < -0.4 is 9.64 Å². The first-order chi connectivity index (χ1) is 16.5. The molecule has 3 heterocycles. The lowest BCUT2D eigenvalue weighted by Gasteiger charge is -2.23. The maximum atomic E-state index is 13.2. The first-order valence-corrected chi connectivity index (χ1v) is 12.4. The number of carbonyl (C=O) groups excluding carboxylic acids is 3. The van der Waals surface area contributed by atoms with Gasteiger partial charge in [-0.1, -0.05) is 18.2 Å². The normalized spacial score (nSPS) is 14.5. The number of hydrogen-bond acceptors (Lipinski definition) is 9. The number of ether oxygens (including phenoxy) is 1. The maximum absolute atomic E-state index is 13.2. The average Bonchev–Trinajstić information content (AvgIpc) is 3.60. The van der Waals surface area contributed by atoms with Crippen LogP contribution in [0.25, 0.3) is 0 Å². The third-order valence-corrected chi connectivity index (χ3v) is 7.00. The molecule has 2 amide bonds. The Labute approximate surface area is 203 Å². The fourth-order valence-electron chi connectivity index (χ4n) is 3.60. The van der Waals surface area contributed by atoms with Gasteiger partial charge in [-0.15, -0.1) is 22.7 Å². The highest BCUT2D eigenvalue weighted by Crippen LogP contribution is 2.38. The molecular weight excluding hydrogens is 478 g/mol. The molecule has 178 valence electrons. The fourth-order valence-corrected chi connectivity index (χ4v) is 5.13. The number of aliphatic hydroxyl groups excluding tert-OH is 2. The second-order valence-corrected chi connectivity index (χ2v) is 9.21. The van der Waals surface area contributed by atoms with Crippen molar-refractivity contribution < 1.29 is 29.3 Å². The van der Waals surface area contributed by atoms with E-state index in [1.165, 1.54) is 32.5 Å². The first kappa shape index (κ1) is 24.0. The third kappa shape index (κ3) is 5.02. The number of benzene rings is 1. The van der Waals surface area contributed by atoms with Crippen molar-refractivity contribution in [2.45, 2.75) is 12.5 Å². The molecule has 1 atom stereocenters. The number of anilines is 1. The Kier molecular flexibility index (Phi) is 7.68. The molecule has 0 saturated heterocycles. The predicted molar refractivity (Wildman–Crippen MR) is 128 cm³/mol. The molecule has 3 aromatic rings. The van der Waals surface area contributed by atoms with Crippen LogP contribution in [0.4, 0.5) is 5.13 Å². The maximum Gasteiger partial charge on any atom is 0.270 e. The lowest BCUT2D eigenvalue weighted by molar-refractivity contribution is -0.132. The van der Waals surface area contributed by atoms with Crippen molar-refractivity contribution in [3.8, 4) is 5.75 Å². The number of amides is 2. The molecule has 2 N–H and O–H groups in total. The Hall–Kier alpha value is -3.12. The number of rotatable bonds is 10. The van der Waals surface area contributed by atoms with Gasteiger partial charge in [0.15, 0.2) is 5.13 Å². The van der Waals surface area contributed by atoms with E-state index in [0.29, 0.717) is 27.0 Å². The second-order valence-electron chi connectivity index (χ2n) is 7.43. The number of nitrogens with zero attached hydrogens (tertiary/aromatic N) is 3. The molecule has 9 nitrogen and oxygen atoms in total. The van der Waals surface area contributed by atoms with E-state index in [1.807, 2.05) is 0 Å². The van der Waals surface area contributed by atoms with Gasteiger partial charge in [-0.05, 0) is 23.6 Å². The molecule has 2 aromatic heterocycles. The summed E-state index contributed by atoms with van der Waals surface area (Å²) in [5, 5.41) is 22.2. The van der Waals surface area contributed by atoms with Gasteiger partial charge in [0, 0.05) is 31.4 Å². The second kappa shape index (κ2) is 10.9. The SMILES string of the molecule is O=C1c2ccccc2OC1c1csc(N(CCC(=O)N(CCO)CCO)C(=O)c2cccs2)n1. The van der Waals surface area contributed by atoms with Gasteiger partial charge >= 0.3 is 0 Å². The minimum Gasteiger partial charge on any atom is -0.475 e. The number of ketones is 1. The molecule has 0 radical (unpaired) electrons. The van der Waals surface area contributed by atoms with E-state index in [1.54, 1.807) is 47.2 Å². The van der Waals surface area contributed by atoms with E-state index in [2.05, 4.69) is 4.98 Å². The van der Waals surface area contributed by atoms with Crippen LogP contribution >= 0.6 is 22.7 Å².